The molecule has 1 aliphatic heterocycles. The van der Waals surface area contributed by atoms with Crippen LogP contribution < -0.4 is 10.6 Å². The van der Waals surface area contributed by atoms with Crippen LogP contribution in [0.15, 0.2) is 12.3 Å². The third-order valence-electron chi connectivity index (χ3n) is 2.27. The molecule has 0 bridgehead atoms. The quantitative estimate of drug-likeness (QED) is 0.748. The number of hydrogen-bond acceptors (Lipinski definition) is 3. The van der Waals surface area contributed by atoms with Gasteiger partial charge in [-0.2, -0.15) is 0 Å². The number of nitrogen functional groups attached to an aromatic ring is 1. The molecular weight excluding hydrogens is 186 g/mol. The SMILES string of the molecule is Nc1cc(Cl)cnc1N1CCCC1. The fourth-order valence-electron chi connectivity index (χ4n) is 1.64. The molecule has 0 spiro atoms. The lowest BCUT2D eigenvalue weighted by molar-refractivity contribution is 0.940. The molecule has 0 aromatic carbocycles. The van der Waals surface area contributed by atoms with E-state index in [-0.39, 0.29) is 0 Å². The highest BCUT2D eigenvalue weighted by atomic mass is 35.5. The highest BCUT2D eigenvalue weighted by Gasteiger charge is 2.15. The van der Waals surface area contributed by atoms with Gasteiger partial charge in [0, 0.05) is 19.3 Å². The van der Waals surface area contributed by atoms with Gasteiger partial charge in [-0.25, -0.2) is 4.98 Å². The molecule has 1 aromatic heterocycles. The van der Waals surface area contributed by atoms with E-state index in [1.165, 1.54) is 12.8 Å². The summed E-state index contributed by atoms with van der Waals surface area (Å²) < 4.78 is 0. The third-order valence-corrected chi connectivity index (χ3v) is 2.47. The second-order valence-corrected chi connectivity index (χ2v) is 3.70. The van der Waals surface area contributed by atoms with Crippen molar-refractivity contribution in [2.24, 2.45) is 0 Å². The molecule has 1 fully saturated rings. The van der Waals surface area contributed by atoms with E-state index in [0.717, 1.165) is 18.9 Å². The van der Waals surface area contributed by atoms with E-state index in [1.54, 1.807) is 12.3 Å². The molecule has 1 aromatic rings. The normalized spacial score (nSPS) is 16.5. The van der Waals surface area contributed by atoms with Crippen molar-refractivity contribution >= 4 is 23.1 Å². The maximum atomic E-state index is 5.81. The minimum atomic E-state index is 0.598. The largest absolute Gasteiger partial charge is 0.396 e. The number of aromatic nitrogens is 1. The first-order chi connectivity index (χ1) is 6.27. The molecule has 1 aliphatic rings. The summed E-state index contributed by atoms with van der Waals surface area (Å²) in [5, 5.41) is 0.598. The highest BCUT2D eigenvalue weighted by Crippen LogP contribution is 2.25. The van der Waals surface area contributed by atoms with Crippen LogP contribution in [0.1, 0.15) is 12.8 Å². The zero-order chi connectivity index (χ0) is 9.26. The summed E-state index contributed by atoms with van der Waals surface area (Å²) in [6.07, 6.45) is 4.10. The smallest absolute Gasteiger partial charge is 0.151 e. The van der Waals surface area contributed by atoms with Gasteiger partial charge in [0.25, 0.3) is 0 Å². The van der Waals surface area contributed by atoms with E-state index in [4.69, 9.17) is 17.3 Å². The van der Waals surface area contributed by atoms with E-state index in [2.05, 4.69) is 9.88 Å². The topological polar surface area (TPSA) is 42.1 Å². The molecule has 2 rings (SSSR count). The van der Waals surface area contributed by atoms with E-state index >= 15 is 0 Å². The van der Waals surface area contributed by atoms with Gasteiger partial charge in [0.15, 0.2) is 5.82 Å². The summed E-state index contributed by atoms with van der Waals surface area (Å²) in [5.41, 5.74) is 6.49. The molecule has 0 amide bonds. The van der Waals surface area contributed by atoms with Gasteiger partial charge in [0.2, 0.25) is 0 Å². The van der Waals surface area contributed by atoms with Gasteiger partial charge in [-0.1, -0.05) is 11.6 Å². The molecule has 3 nitrogen and oxygen atoms in total. The zero-order valence-electron chi connectivity index (χ0n) is 7.33. The lowest BCUT2D eigenvalue weighted by Crippen LogP contribution is -2.20. The number of nitrogens with two attached hydrogens (primary N) is 1. The predicted molar refractivity (Wildman–Crippen MR) is 55.1 cm³/mol. The van der Waals surface area contributed by atoms with Crippen LogP contribution in [0.5, 0.6) is 0 Å². The molecule has 4 heteroatoms. The Bertz CT molecular complexity index is 308. The standard InChI is InChI=1S/C9H12ClN3/c10-7-5-8(11)9(12-6-7)13-3-1-2-4-13/h5-6H,1-4,11H2. The summed E-state index contributed by atoms with van der Waals surface area (Å²) in [7, 11) is 0. The highest BCUT2D eigenvalue weighted by molar-refractivity contribution is 6.30. The Balaban J connectivity index is 2.29. The van der Waals surface area contributed by atoms with Crippen LogP contribution in [0, 0.1) is 0 Å². The monoisotopic (exact) mass is 197 g/mol. The molecular formula is C9H12ClN3. The van der Waals surface area contributed by atoms with Gasteiger partial charge < -0.3 is 10.6 Å². The van der Waals surface area contributed by atoms with Gasteiger partial charge >= 0.3 is 0 Å². The number of pyridine rings is 1. The first-order valence-corrected chi connectivity index (χ1v) is 4.81. The number of rotatable bonds is 1. The van der Waals surface area contributed by atoms with Crippen molar-refractivity contribution in [3.05, 3.63) is 17.3 Å². The van der Waals surface area contributed by atoms with Crippen LogP contribution in [-0.4, -0.2) is 18.1 Å². The molecule has 0 saturated carbocycles. The van der Waals surface area contributed by atoms with Gasteiger partial charge in [-0.3, -0.25) is 0 Å². The van der Waals surface area contributed by atoms with Crippen LogP contribution >= 0.6 is 11.6 Å². The van der Waals surface area contributed by atoms with Crippen molar-refractivity contribution in [3.8, 4) is 0 Å². The van der Waals surface area contributed by atoms with Crippen molar-refractivity contribution in [2.75, 3.05) is 23.7 Å². The first-order valence-electron chi connectivity index (χ1n) is 4.43. The molecule has 2 heterocycles. The summed E-state index contributed by atoms with van der Waals surface area (Å²) in [5.74, 6) is 0.877. The van der Waals surface area contributed by atoms with Crippen LogP contribution in [0.3, 0.4) is 0 Å². The molecule has 0 atom stereocenters. The van der Waals surface area contributed by atoms with E-state index in [1.807, 2.05) is 0 Å². The predicted octanol–water partition coefficient (Wildman–Crippen LogP) is 1.92. The average molecular weight is 198 g/mol. The number of hydrogen-bond donors (Lipinski definition) is 1. The molecule has 13 heavy (non-hydrogen) atoms. The molecule has 70 valence electrons. The van der Waals surface area contributed by atoms with Crippen LogP contribution in [-0.2, 0) is 0 Å². The molecule has 1 saturated heterocycles. The number of anilines is 2. The Morgan fingerprint density at radius 2 is 2.08 bits per heavy atom. The minimum absolute atomic E-state index is 0.598. The number of nitrogens with zero attached hydrogens (tertiary/aromatic N) is 2. The lowest BCUT2D eigenvalue weighted by atomic mass is 10.4. The Morgan fingerprint density at radius 1 is 1.38 bits per heavy atom. The van der Waals surface area contributed by atoms with E-state index in [0.29, 0.717) is 10.7 Å². The van der Waals surface area contributed by atoms with Gasteiger partial charge in [-0.15, -0.1) is 0 Å². The maximum Gasteiger partial charge on any atom is 0.151 e. The summed E-state index contributed by atoms with van der Waals surface area (Å²) in [6, 6.07) is 1.75. The van der Waals surface area contributed by atoms with Gasteiger partial charge in [0.1, 0.15) is 0 Å². The van der Waals surface area contributed by atoms with Crippen molar-refractivity contribution < 1.29 is 0 Å². The second kappa shape index (κ2) is 3.42. The third kappa shape index (κ3) is 1.70. The maximum absolute atomic E-state index is 5.81. The van der Waals surface area contributed by atoms with Gasteiger partial charge in [0.05, 0.1) is 10.7 Å². The first kappa shape index (κ1) is 8.63. The van der Waals surface area contributed by atoms with Crippen LogP contribution in [0.25, 0.3) is 0 Å². The number of halogens is 1. The Morgan fingerprint density at radius 3 is 2.69 bits per heavy atom. The Hall–Kier alpha value is -0.960. The van der Waals surface area contributed by atoms with Crippen molar-refractivity contribution in [1.82, 2.24) is 4.98 Å². The van der Waals surface area contributed by atoms with Crippen LogP contribution in [0.4, 0.5) is 11.5 Å². The van der Waals surface area contributed by atoms with E-state index < -0.39 is 0 Å². The van der Waals surface area contributed by atoms with Crippen molar-refractivity contribution in [1.29, 1.82) is 0 Å². The summed E-state index contributed by atoms with van der Waals surface area (Å²) in [4.78, 5) is 6.43. The van der Waals surface area contributed by atoms with Gasteiger partial charge in [-0.05, 0) is 18.9 Å². The summed E-state index contributed by atoms with van der Waals surface area (Å²) >= 11 is 5.76. The molecule has 0 aliphatic carbocycles. The minimum Gasteiger partial charge on any atom is -0.396 e. The lowest BCUT2D eigenvalue weighted by Gasteiger charge is -2.17. The fraction of sp³-hybridized carbons (Fsp3) is 0.444. The second-order valence-electron chi connectivity index (χ2n) is 3.26. The van der Waals surface area contributed by atoms with Crippen molar-refractivity contribution in [3.63, 3.8) is 0 Å². The Kier molecular flexibility index (Phi) is 2.27. The zero-order valence-corrected chi connectivity index (χ0v) is 8.09. The van der Waals surface area contributed by atoms with E-state index in [9.17, 15) is 0 Å². The van der Waals surface area contributed by atoms with Crippen LogP contribution in [0.2, 0.25) is 5.02 Å². The molecule has 0 unspecified atom stereocenters. The summed E-state index contributed by atoms with van der Waals surface area (Å²) in [6.45, 7) is 2.11. The molecule has 2 N–H and O–H groups in total. The average Bonchev–Trinajstić information content (AvgIpc) is 2.56. The van der Waals surface area contributed by atoms with Crippen molar-refractivity contribution in [2.45, 2.75) is 12.8 Å². The Labute approximate surface area is 82.5 Å². The molecule has 0 radical (unpaired) electrons. The fourth-order valence-corrected chi connectivity index (χ4v) is 1.81.